The number of Topliss-reactive ketones (excluding diaryl/α,β-unsaturated/α-hetero) is 1. The van der Waals surface area contributed by atoms with Gasteiger partial charge >= 0.3 is 0 Å². The molecule has 1 aliphatic heterocycles. The molecule has 18 heavy (non-hydrogen) atoms. The molecule has 2 N–H and O–H groups in total. The third-order valence-electron chi connectivity index (χ3n) is 4.30. The fourth-order valence-corrected chi connectivity index (χ4v) is 3.10. The van der Waals surface area contributed by atoms with E-state index in [0.29, 0.717) is 5.69 Å². The van der Waals surface area contributed by atoms with Crippen LogP contribution in [0.3, 0.4) is 0 Å². The number of anilines is 1. The van der Waals surface area contributed by atoms with Gasteiger partial charge in [0.1, 0.15) is 0 Å². The zero-order valence-corrected chi connectivity index (χ0v) is 10.5. The average Bonchev–Trinajstić information content (AvgIpc) is 2.36. The van der Waals surface area contributed by atoms with Gasteiger partial charge in [0.05, 0.1) is 5.60 Å². The molecule has 0 aromatic heterocycles. The van der Waals surface area contributed by atoms with Crippen LogP contribution in [0.15, 0.2) is 24.3 Å². The number of rotatable bonds is 2. The van der Waals surface area contributed by atoms with Gasteiger partial charge in [0.25, 0.3) is 0 Å². The van der Waals surface area contributed by atoms with Gasteiger partial charge < -0.3 is 10.5 Å². The lowest BCUT2D eigenvalue weighted by atomic mass is 9.70. The Balaban J connectivity index is 1.76. The molecule has 1 aromatic carbocycles. The maximum absolute atomic E-state index is 12.5. The van der Waals surface area contributed by atoms with Crippen molar-refractivity contribution in [3.05, 3.63) is 29.8 Å². The molecule has 3 rings (SSSR count). The topological polar surface area (TPSA) is 52.3 Å². The third kappa shape index (κ3) is 2.03. The number of carbonyl (C=O) groups excluding carboxylic acids is 1. The van der Waals surface area contributed by atoms with Crippen LogP contribution < -0.4 is 5.73 Å². The first kappa shape index (κ1) is 11.7. The molecule has 3 nitrogen and oxygen atoms in total. The van der Waals surface area contributed by atoms with E-state index in [9.17, 15) is 4.79 Å². The van der Waals surface area contributed by atoms with E-state index in [1.165, 1.54) is 6.42 Å². The maximum Gasteiger partial charge on any atom is 0.166 e. The van der Waals surface area contributed by atoms with E-state index in [4.69, 9.17) is 10.5 Å². The summed E-state index contributed by atoms with van der Waals surface area (Å²) in [6.07, 6.45) is 5.20. The summed E-state index contributed by atoms with van der Waals surface area (Å²) in [5.74, 6) is 0.345. The van der Waals surface area contributed by atoms with Crippen LogP contribution >= 0.6 is 0 Å². The highest BCUT2D eigenvalue weighted by Crippen LogP contribution is 2.44. The lowest BCUT2D eigenvalue weighted by molar-refractivity contribution is -0.137. The minimum absolute atomic E-state index is 0.0267. The minimum atomic E-state index is 0.0267. The second-order valence-electron chi connectivity index (χ2n) is 5.56. The number of benzene rings is 1. The van der Waals surface area contributed by atoms with Gasteiger partial charge in [-0.25, -0.2) is 0 Å². The monoisotopic (exact) mass is 245 g/mol. The van der Waals surface area contributed by atoms with Crippen molar-refractivity contribution >= 4 is 11.5 Å². The summed E-state index contributed by atoms with van der Waals surface area (Å²) >= 11 is 0. The van der Waals surface area contributed by atoms with Crippen LogP contribution in [-0.4, -0.2) is 18.0 Å². The second kappa shape index (κ2) is 4.39. The van der Waals surface area contributed by atoms with Crippen molar-refractivity contribution in [1.82, 2.24) is 0 Å². The molecule has 2 aliphatic rings. The fourth-order valence-electron chi connectivity index (χ4n) is 3.10. The van der Waals surface area contributed by atoms with Gasteiger partial charge in [-0.15, -0.1) is 0 Å². The Morgan fingerprint density at radius 1 is 1.39 bits per heavy atom. The predicted molar refractivity (Wildman–Crippen MR) is 70.4 cm³/mol. The van der Waals surface area contributed by atoms with Gasteiger partial charge in [0, 0.05) is 23.8 Å². The van der Waals surface area contributed by atoms with Crippen molar-refractivity contribution in [2.75, 3.05) is 12.3 Å². The zero-order valence-electron chi connectivity index (χ0n) is 10.5. The molecule has 1 atom stereocenters. The summed E-state index contributed by atoms with van der Waals surface area (Å²) in [6, 6.07) is 7.31. The summed E-state index contributed by atoms with van der Waals surface area (Å²) in [5, 5.41) is 0. The normalized spacial score (nSPS) is 25.7. The summed E-state index contributed by atoms with van der Waals surface area (Å²) < 4.78 is 5.86. The fraction of sp³-hybridized carbons (Fsp3) is 0.533. The summed E-state index contributed by atoms with van der Waals surface area (Å²) in [7, 11) is 0. The minimum Gasteiger partial charge on any atom is -0.399 e. The molecular weight excluding hydrogens is 226 g/mol. The maximum atomic E-state index is 12.5. The van der Waals surface area contributed by atoms with E-state index in [-0.39, 0.29) is 17.3 Å². The van der Waals surface area contributed by atoms with Crippen LogP contribution in [0.4, 0.5) is 5.69 Å². The van der Waals surface area contributed by atoms with Gasteiger partial charge in [-0.2, -0.15) is 0 Å². The summed E-state index contributed by atoms with van der Waals surface area (Å²) in [6.45, 7) is 0.721. The first-order chi connectivity index (χ1) is 8.69. The van der Waals surface area contributed by atoms with Crippen molar-refractivity contribution in [1.29, 1.82) is 0 Å². The quantitative estimate of drug-likeness (QED) is 0.644. The Kier molecular flexibility index (Phi) is 2.86. The standard InChI is InChI=1S/C15H19NO2/c16-13-4-1-3-11(9-13)14(17)12-5-8-18-15(10-12)6-2-7-15/h1,3-4,9,12H,2,5-8,10,16H2. The number of nitrogen functional groups attached to an aromatic ring is 1. The molecule has 0 radical (unpaired) electrons. The van der Waals surface area contributed by atoms with E-state index in [2.05, 4.69) is 0 Å². The average molecular weight is 245 g/mol. The predicted octanol–water partition coefficient (Wildman–Crippen LogP) is 2.80. The Morgan fingerprint density at radius 3 is 2.89 bits per heavy atom. The van der Waals surface area contributed by atoms with Crippen LogP contribution in [0.5, 0.6) is 0 Å². The molecule has 1 spiro atoms. The SMILES string of the molecule is Nc1cccc(C(=O)C2CCOC3(CCC3)C2)c1. The van der Waals surface area contributed by atoms with Crippen LogP contribution in [0.2, 0.25) is 0 Å². The second-order valence-corrected chi connectivity index (χ2v) is 5.56. The lowest BCUT2D eigenvalue weighted by Crippen LogP contribution is -2.47. The molecule has 1 aromatic rings. The summed E-state index contributed by atoms with van der Waals surface area (Å²) in [4.78, 5) is 12.5. The van der Waals surface area contributed by atoms with E-state index in [1.54, 1.807) is 6.07 Å². The van der Waals surface area contributed by atoms with Crippen molar-refractivity contribution in [3.63, 3.8) is 0 Å². The first-order valence-corrected chi connectivity index (χ1v) is 6.72. The molecular formula is C15H19NO2. The van der Waals surface area contributed by atoms with E-state index >= 15 is 0 Å². The molecule has 96 valence electrons. The molecule has 0 amide bonds. The number of ketones is 1. The van der Waals surface area contributed by atoms with Crippen molar-refractivity contribution in [3.8, 4) is 0 Å². The van der Waals surface area contributed by atoms with E-state index in [1.807, 2.05) is 18.2 Å². The number of hydrogen-bond acceptors (Lipinski definition) is 3. The van der Waals surface area contributed by atoms with E-state index < -0.39 is 0 Å². The Morgan fingerprint density at radius 2 is 2.22 bits per heavy atom. The van der Waals surface area contributed by atoms with Crippen LogP contribution in [-0.2, 0) is 4.74 Å². The molecule has 1 saturated carbocycles. The zero-order chi connectivity index (χ0) is 12.6. The van der Waals surface area contributed by atoms with Crippen LogP contribution in [0.25, 0.3) is 0 Å². The summed E-state index contributed by atoms with van der Waals surface area (Å²) in [5.41, 5.74) is 7.17. The van der Waals surface area contributed by atoms with Crippen molar-refractivity contribution in [2.45, 2.75) is 37.7 Å². The molecule has 3 heteroatoms. The third-order valence-corrected chi connectivity index (χ3v) is 4.30. The van der Waals surface area contributed by atoms with Crippen LogP contribution in [0.1, 0.15) is 42.5 Å². The van der Waals surface area contributed by atoms with Crippen molar-refractivity contribution < 1.29 is 9.53 Å². The highest BCUT2D eigenvalue weighted by Gasteiger charge is 2.44. The number of nitrogens with two attached hydrogens (primary N) is 1. The van der Waals surface area contributed by atoms with Crippen LogP contribution in [0, 0.1) is 5.92 Å². The molecule has 1 aliphatic carbocycles. The molecule has 1 heterocycles. The lowest BCUT2D eigenvalue weighted by Gasteiger charge is -2.46. The number of carbonyl (C=O) groups is 1. The van der Waals surface area contributed by atoms with Gasteiger partial charge in [0.15, 0.2) is 5.78 Å². The molecule has 1 saturated heterocycles. The molecule has 1 unspecified atom stereocenters. The smallest absolute Gasteiger partial charge is 0.166 e. The molecule has 0 bridgehead atoms. The number of ether oxygens (including phenoxy) is 1. The highest BCUT2D eigenvalue weighted by molar-refractivity contribution is 5.98. The van der Waals surface area contributed by atoms with Crippen molar-refractivity contribution in [2.24, 2.45) is 5.92 Å². The van der Waals surface area contributed by atoms with Gasteiger partial charge in [-0.05, 0) is 44.2 Å². The van der Waals surface area contributed by atoms with Gasteiger partial charge in [0.2, 0.25) is 0 Å². The first-order valence-electron chi connectivity index (χ1n) is 6.72. The Bertz CT molecular complexity index is 465. The molecule has 2 fully saturated rings. The Labute approximate surface area is 107 Å². The highest BCUT2D eigenvalue weighted by atomic mass is 16.5. The van der Waals surface area contributed by atoms with Gasteiger partial charge in [-0.3, -0.25) is 4.79 Å². The van der Waals surface area contributed by atoms with Gasteiger partial charge in [-0.1, -0.05) is 12.1 Å². The largest absolute Gasteiger partial charge is 0.399 e. The Hall–Kier alpha value is -1.35. The van der Waals surface area contributed by atoms with E-state index in [0.717, 1.165) is 37.9 Å². The number of hydrogen-bond donors (Lipinski definition) is 1.